The minimum Gasteiger partial charge on any atom is -0.259 e. The first-order chi connectivity index (χ1) is 13.5. The summed E-state index contributed by atoms with van der Waals surface area (Å²) >= 11 is 3.78. The zero-order valence-electron chi connectivity index (χ0n) is 15.8. The first-order valence-electron chi connectivity index (χ1n) is 9.16. The second-order valence-electron chi connectivity index (χ2n) is 7.03. The molecule has 2 nitrogen and oxygen atoms in total. The monoisotopic (exact) mass is 434 g/mol. The maximum atomic E-state index is 13.7. The van der Waals surface area contributed by atoms with E-state index in [9.17, 15) is 4.39 Å². The lowest BCUT2D eigenvalue weighted by atomic mass is 10.1. The van der Waals surface area contributed by atoms with Crippen LogP contribution in [0.5, 0.6) is 0 Å². The zero-order valence-corrected chi connectivity index (χ0v) is 17.4. The largest absolute Gasteiger partial charge is 0.259 e. The van der Waals surface area contributed by atoms with Crippen molar-refractivity contribution in [1.29, 1.82) is 0 Å². The summed E-state index contributed by atoms with van der Waals surface area (Å²) in [5, 5.41) is 4.88. The quantitative estimate of drug-likeness (QED) is 0.345. The van der Waals surface area contributed by atoms with Crippen molar-refractivity contribution >= 4 is 15.9 Å². The van der Waals surface area contributed by atoms with Crippen LogP contribution in [0, 0.1) is 19.7 Å². The van der Waals surface area contributed by atoms with E-state index in [2.05, 4.69) is 78.3 Å². The molecule has 3 aromatic carbocycles. The summed E-state index contributed by atoms with van der Waals surface area (Å²) in [4.78, 5) is 0. The van der Waals surface area contributed by atoms with Crippen molar-refractivity contribution in [3.05, 3.63) is 99.8 Å². The van der Waals surface area contributed by atoms with Crippen molar-refractivity contribution < 1.29 is 4.39 Å². The van der Waals surface area contributed by atoms with Crippen LogP contribution in [-0.2, 0) is 6.54 Å². The van der Waals surface area contributed by atoms with Gasteiger partial charge in [0, 0.05) is 11.1 Å². The van der Waals surface area contributed by atoms with Crippen molar-refractivity contribution in [1.82, 2.24) is 9.78 Å². The van der Waals surface area contributed by atoms with E-state index in [0.717, 1.165) is 32.6 Å². The van der Waals surface area contributed by atoms with Crippen LogP contribution < -0.4 is 0 Å². The molecule has 0 saturated heterocycles. The molecular weight excluding hydrogens is 415 g/mol. The Morgan fingerprint density at radius 3 is 2.07 bits per heavy atom. The van der Waals surface area contributed by atoms with Gasteiger partial charge in [-0.1, -0.05) is 71.8 Å². The van der Waals surface area contributed by atoms with Crippen LogP contribution in [0.15, 0.2) is 77.3 Å². The molecule has 28 heavy (non-hydrogen) atoms. The van der Waals surface area contributed by atoms with Gasteiger partial charge < -0.3 is 0 Å². The molecule has 0 saturated carbocycles. The Kier molecular flexibility index (Phi) is 5.14. The molecule has 0 fully saturated rings. The average molecular weight is 435 g/mol. The highest BCUT2D eigenvalue weighted by Gasteiger charge is 2.19. The molecule has 4 heteroatoms. The summed E-state index contributed by atoms with van der Waals surface area (Å²) < 4.78 is 16.6. The topological polar surface area (TPSA) is 17.8 Å². The van der Waals surface area contributed by atoms with Gasteiger partial charge in [-0.05, 0) is 47.5 Å². The molecule has 0 unspecified atom stereocenters. The third kappa shape index (κ3) is 3.78. The molecule has 0 radical (unpaired) electrons. The summed E-state index contributed by atoms with van der Waals surface area (Å²) in [6.07, 6.45) is 0. The first-order valence-corrected chi connectivity index (χ1v) is 9.95. The fourth-order valence-corrected chi connectivity index (χ4v) is 3.99. The Balaban J connectivity index is 1.86. The Bertz CT molecular complexity index is 1110. The van der Waals surface area contributed by atoms with Crippen LogP contribution in [-0.4, -0.2) is 9.78 Å². The molecule has 4 aromatic rings. The molecule has 0 aliphatic rings. The highest BCUT2D eigenvalue weighted by atomic mass is 79.9. The summed E-state index contributed by atoms with van der Waals surface area (Å²) in [7, 11) is 0. The molecule has 0 N–H and O–H groups in total. The van der Waals surface area contributed by atoms with E-state index in [4.69, 9.17) is 5.10 Å². The highest BCUT2D eigenvalue weighted by molar-refractivity contribution is 9.10. The van der Waals surface area contributed by atoms with Gasteiger partial charge in [0.1, 0.15) is 11.5 Å². The van der Waals surface area contributed by atoms with Crippen LogP contribution in [0.3, 0.4) is 0 Å². The lowest BCUT2D eigenvalue weighted by Crippen LogP contribution is -2.04. The number of aromatic nitrogens is 2. The zero-order chi connectivity index (χ0) is 19.7. The normalized spacial score (nSPS) is 11.0. The van der Waals surface area contributed by atoms with Gasteiger partial charge in [0.2, 0.25) is 0 Å². The van der Waals surface area contributed by atoms with Crippen molar-refractivity contribution in [3.8, 4) is 22.5 Å². The molecule has 0 atom stereocenters. The predicted molar refractivity (Wildman–Crippen MR) is 116 cm³/mol. The molecule has 0 aliphatic carbocycles. The van der Waals surface area contributed by atoms with Crippen LogP contribution in [0.1, 0.15) is 16.7 Å². The second-order valence-corrected chi connectivity index (χ2v) is 7.82. The third-order valence-electron chi connectivity index (χ3n) is 4.77. The number of benzene rings is 3. The van der Waals surface area contributed by atoms with E-state index in [0.29, 0.717) is 6.54 Å². The van der Waals surface area contributed by atoms with Crippen LogP contribution in [0.2, 0.25) is 0 Å². The number of halogens is 2. The number of hydrogen-bond acceptors (Lipinski definition) is 1. The molecule has 0 spiro atoms. The average Bonchev–Trinajstić information content (AvgIpc) is 2.99. The van der Waals surface area contributed by atoms with Crippen LogP contribution in [0.4, 0.5) is 4.39 Å². The second kappa shape index (κ2) is 7.72. The molecule has 4 rings (SSSR count). The molecule has 1 heterocycles. The Labute approximate surface area is 172 Å². The Hall–Kier alpha value is -2.72. The van der Waals surface area contributed by atoms with Crippen molar-refractivity contribution in [2.75, 3.05) is 0 Å². The van der Waals surface area contributed by atoms with E-state index in [1.807, 2.05) is 10.7 Å². The smallest absolute Gasteiger partial charge is 0.123 e. The van der Waals surface area contributed by atoms with Gasteiger partial charge in [0.15, 0.2) is 0 Å². The van der Waals surface area contributed by atoms with Crippen molar-refractivity contribution in [2.24, 2.45) is 0 Å². The van der Waals surface area contributed by atoms with E-state index in [-0.39, 0.29) is 5.82 Å². The Morgan fingerprint density at radius 1 is 0.857 bits per heavy atom. The highest BCUT2D eigenvalue weighted by Crippen LogP contribution is 2.37. The van der Waals surface area contributed by atoms with E-state index >= 15 is 0 Å². The van der Waals surface area contributed by atoms with Gasteiger partial charge in [-0.15, -0.1) is 0 Å². The summed E-state index contributed by atoms with van der Waals surface area (Å²) in [5.74, 6) is -0.237. The fraction of sp³-hybridized carbons (Fsp3) is 0.125. The molecule has 0 amide bonds. The summed E-state index contributed by atoms with van der Waals surface area (Å²) in [6.45, 7) is 4.63. The van der Waals surface area contributed by atoms with E-state index < -0.39 is 0 Å². The molecule has 0 aliphatic heterocycles. The van der Waals surface area contributed by atoms with Crippen LogP contribution in [0.25, 0.3) is 22.5 Å². The number of nitrogens with zero attached hydrogens (tertiary/aromatic N) is 2. The van der Waals surface area contributed by atoms with Crippen molar-refractivity contribution in [2.45, 2.75) is 20.4 Å². The number of hydrogen-bond donors (Lipinski definition) is 0. The first kappa shape index (κ1) is 18.6. The molecular formula is C24H20BrFN2. The summed E-state index contributed by atoms with van der Waals surface area (Å²) in [6, 6.07) is 23.4. The van der Waals surface area contributed by atoms with E-state index in [1.165, 1.54) is 17.2 Å². The standard InChI is InChI=1S/C24H20BrFN2/c1-16-6-10-19(11-7-16)23-22(25)24(20-12-8-17(2)9-13-20)28(27-23)15-18-4-3-5-21(26)14-18/h3-14H,15H2,1-2H3. The maximum absolute atomic E-state index is 13.7. The van der Waals surface area contributed by atoms with Crippen molar-refractivity contribution in [3.63, 3.8) is 0 Å². The fourth-order valence-electron chi connectivity index (χ4n) is 3.25. The lowest BCUT2D eigenvalue weighted by molar-refractivity contribution is 0.620. The lowest BCUT2D eigenvalue weighted by Gasteiger charge is -2.09. The maximum Gasteiger partial charge on any atom is 0.123 e. The predicted octanol–water partition coefficient (Wildman–Crippen LogP) is 6.78. The van der Waals surface area contributed by atoms with Gasteiger partial charge in [-0.2, -0.15) is 5.10 Å². The van der Waals surface area contributed by atoms with Gasteiger partial charge in [0.05, 0.1) is 16.7 Å². The minimum atomic E-state index is -0.237. The van der Waals surface area contributed by atoms with Crippen LogP contribution >= 0.6 is 15.9 Å². The number of rotatable bonds is 4. The third-order valence-corrected chi connectivity index (χ3v) is 5.52. The SMILES string of the molecule is Cc1ccc(-c2nn(Cc3cccc(F)c3)c(-c3ccc(C)cc3)c2Br)cc1. The van der Waals surface area contributed by atoms with Gasteiger partial charge in [0.25, 0.3) is 0 Å². The summed E-state index contributed by atoms with van der Waals surface area (Å²) in [5.41, 5.74) is 7.27. The minimum absolute atomic E-state index is 0.237. The van der Waals surface area contributed by atoms with E-state index in [1.54, 1.807) is 12.1 Å². The van der Waals surface area contributed by atoms with Gasteiger partial charge >= 0.3 is 0 Å². The molecule has 140 valence electrons. The van der Waals surface area contributed by atoms with Gasteiger partial charge in [-0.25, -0.2) is 4.39 Å². The molecule has 0 bridgehead atoms. The van der Waals surface area contributed by atoms with Gasteiger partial charge in [-0.3, -0.25) is 4.68 Å². The molecule has 1 aromatic heterocycles. The number of aryl methyl sites for hydroxylation is 2. The Morgan fingerprint density at radius 2 is 1.46 bits per heavy atom.